The van der Waals surface area contributed by atoms with Gasteiger partial charge in [-0.05, 0) is 17.7 Å². The largest absolute Gasteiger partial charge is 0.416 e. The van der Waals surface area contributed by atoms with E-state index in [2.05, 4.69) is 10.2 Å². The normalized spacial score (nSPS) is 12.6. The fourth-order valence-electron chi connectivity index (χ4n) is 1.60. The van der Waals surface area contributed by atoms with Crippen LogP contribution in [0.2, 0.25) is 0 Å². The molecule has 2 aromatic rings. The number of aromatic nitrogens is 2. The van der Waals surface area contributed by atoms with Crippen LogP contribution in [0.4, 0.5) is 13.2 Å². The van der Waals surface area contributed by atoms with Crippen molar-refractivity contribution >= 4 is 9.84 Å². The molecule has 0 atom stereocenters. The summed E-state index contributed by atoms with van der Waals surface area (Å²) in [4.78, 5) is 0. The van der Waals surface area contributed by atoms with Gasteiger partial charge in [0.2, 0.25) is 0 Å². The molecule has 0 fully saturated rings. The molecule has 0 aliphatic heterocycles. The van der Waals surface area contributed by atoms with Crippen molar-refractivity contribution in [2.45, 2.75) is 11.2 Å². The quantitative estimate of drug-likeness (QED) is 0.924. The van der Waals surface area contributed by atoms with E-state index in [0.717, 1.165) is 18.4 Å². The third-order valence-corrected chi connectivity index (χ3v) is 3.55. The van der Waals surface area contributed by atoms with Gasteiger partial charge in [0.25, 0.3) is 0 Å². The molecule has 0 spiro atoms. The summed E-state index contributed by atoms with van der Waals surface area (Å²) in [6, 6.07) is 4.22. The van der Waals surface area contributed by atoms with Gasteiger partial charge in [0.05, 0.1) is 11.8 Å². The molecule has 1 heterocycles. The lowest BCUT2D eigenvalue weighted by molar-refractivity contribution is -0.137. The van der Waals surface area contributed by atoms with Crippen molar-refractivity contribution < 1.29 is 21.6 Å². The molecule has 1 aromatic carbocycles. The highest BCUT2D eigenvalue weighted by Crippen LogP contribution is 2.32. The lowest BCUT2D eigenvalue weighted by atomic mass is 10.1. The lowest BCUT2D eigenvalue weighted by Crippen LogP contribution is -2.04. The molecule has 4 nitrogen and oxygen atoms in total. The predicted molar refractivity (Wildman–Crippen MR) is 62.1 cm³/mol. The Hall–Kier alpha value is -1.83. The zero-order valence-electron chi connectivity index (χ0n) is 9.69. The van der Waals surface area contributed by atoms with E-state index in [1.165, 1.54) is 18.3 Å². The summed E-state index contributed by atoms with van der Waals surface area (Å²) < 4.78 is 60.2. The Bertz CT molecular complexity index is 687. The average molecular weight is 290 g/mol. The number of nitrogens with one attached hydrogen (secondary N) is 1. The molecule has 102 valence electrons. The van der Waals surface area contributed by atoms with E-state index < -0.39 is 21.6 Å². The second-order valence-corrected chi connectivity index (χ2v) is 5.91. The molecule has 2 rings (SSSR count). The molecule has 0 unspecified atom stereocenters. The molecular formula is C11H9F3N2O2S. The van der Waals surface area contributed by atoms with Crippen molar-refractivity contribution in [1.82, 2.24) is 10.2 Å². The number of hydrogen-bond donors (Lipinski definition) is 1. The molecule has 8 heteroatoms. The van der Waals surface area contributed by atoms with Crippen LogP contribution in [0.25, 0.3) is 11.1 Å². The van der Waals surface area contributed by atoms with Gasteiger partial charge in [-0.25, -0.2) is 8.42 Å². The third kappa shape index (κ3) is 2.78. The number of alkyl halides is 3. The summed E-state index contributed by atoms with van der Waals surface area (Å²) in [6.07, 6.45) is -2.17. The average Bonchev–Trinajstić information content (AvgIpc) is 2.76. The second-order valence-electron chi connectivity index (χ2n) is 3.96. The molecule has 0 aliphatic carbocycles. The number of aromatic amines is 1. The van der Waals surface area contributed by atoms with Crippen LogP contribution >= 0.6 is 0 Å². The Morgan fingerprint density at radius 3 is 2.21 bits per heavy atom. The lowest BCUT2D eigenvalue weighted by Gasteiger charge is -2.07. The van der Waals surface area contributed by atoms with Gasteiger partial charge in [0.15, 0.2) is 14.9 Å². The van der Waals surface area contributed by atoms with Crippen LogP contribution in [0.1, 0.15) is 5.56 Å². The second kappa shape index (κ2) is 4.37. The first-order chi connectivity index (χ1) is 8.69. The highest BCUT2D eigenvalue weighted by Gasteiger charge is 2.30. The van der Waals surface area contributed by atoms with Crippen LogP contribution in [0.5, 0.6) is 0 Å². The van der Waals surface area contributed by atoms with E-state index in [-0.39, 0.29) is 10.6 Å². The summed E-state index contributed by atoms with van der Waals surface area (Å²) in [5, 5.41) is 5.82. The van der Waals surface area contributed by atoms with Crippen LogP contribution in [0.15, 0.2) is 35.5 Å². The maximum Gasteiger partial charge on any atom is 0.416 e. The maximum atomic E-state index is 12.4. The number of hydrogen-bond acceptors (Lipinski definition) is 3. The van der Waals surface area contributed by atoms with Crippen molar-refractivity contribution in [3.8, 4) is 11.1 Å². The first-order valence-electron chi connectivity index (χ1n) is 5.10. The Labute approximate surface area is 107 Å². The minimum atomic E-state index is -4.42. The van der Waals surface area contributed by atoms with Crippen molar-refractivity contribution in [3.63, 3.8) is 0 Å². The van der Waals surface area contributed by atoms with E-state index >= 15 is 0 Å². The van der Waals surface area contributed by atoms with Gasteiger partial charge in [0.1, 0.15) is 0 Å². The standard InChI is InChI=1S/C11H9F3N2O2S/c1-19(17,18)10-9(6-15-16-10)7-2-4-8(5-3-7)11(12,13)14/h2-6H,1H3,(H,15,16). The summed E-state index contributed by atoms with van der Waals surface area (Å²) >= 11 is 0. The number of H-pyrrole nitrogens is 1. The summed E-state index contributed by atoms with van der Waals surface area (Å²) in [7, 11) is -3.52. The molecule has 1 N–H and O–H groups in total. The molecule has 0 bridgehead atoms. The molecule has 1 aromatic heterocycles. The Morgan fingerprint density at radius 1 is 1.16 bits per heavy atom. The predicted octanol–water partition coefficient (Wildman–Crippen LogP) is 2.50. The van der Waals surface area contributed by atoms with Crippen LogP contribution in [-0.4, -0.2) is 24.9 Å². The number of nitrogens with zero attached hydrogens (tertiary/aromatic N) is 1. The van der Waals surface area contributed by atoms with Gasteiger partial charge >= 0.3 is 6.18 Å². The monoisotopic (exact) mass is 290 g/mol. The van der Waals surface area contributed by atoms with E-state index in [1.54, 1.807) is 0 Å². The van der Waals surface area contributed by atoms with E-state index in [4.69, 9.17) is 0 Å². The molecular weight excluding hydrogens is 281 g/mol. The Balaban J connectivity index is 2.48. The van der Waals surface area contributed by atoms with Crippen LogP contribution in [0, 0.1) is 0 Å². The zero-order chi connectivity index (χ0) is 14.3. The van der Waals surface area contributed by atoms with Gasteiger partial charge in [-0.2, -0.15) is 18.3 Å². The van der Waals surface area contributed by atoms with Gasteiger partial charge < -0.3 is 0 Å². The maximum absolute atomic E-state index is 12.4. The number of benzene rings is 1. The van der Waals surface area contributed by atoms with Crippen LogP contribution in [0.3, 0.4) is 0 Å². The van der Waals surface area contributed by atoms with Gasteiger partial charge in [-0.3, -0.25) is 5.10 Å². The van der Waals surface area contributed by atoms with E-state index in [1.807, 2.05) is 0 Å². The fourth-order valence-corrected chi connectivity index (χ4v) is 2.39. The first kappa shape index (κ1) is 13.6. The Kier molecular flexibility index (Phi) is 3.13. The minimum Gasteiger partial charge on any atom is -0.267 e. The summed E-state index contributed by atoms with van der Waals surface area (Å²) in [6.45, 7) is 0. The summed E-state index contributed by atoms with van der Waals surface area (Å²) in [5.41, 5.74) is -0.195. The highest BCUT2D eigenvalue weighted by atomic mass is 32.2. The molecule has 19 heavy (non-hydrogen) atoms. The van der Waals surface area contributed by atoms with Crippen molar-refractivity contribution in [2.24, 2.45) is 0 Å². The van der Waals surface area contributed by atoms with Crippen molar-refractivity contribution in [1.29, 1.82) is 0 Å². The third-order valence-electron chi connectivity index (χ3n) is 2.50. The Morgan fingerprint density at radius 2 is 1.74 bits per heavy atom. The minimum absolute atomic E-state index is 0.118. The van der Waals surface area contributed by atoms with E-state index in [9.17, 15) is 21.6 Å². The highest BCUT2D eigenvalue weighted by molar-refractivity contribution is 7.90. The SMILES string of the molecule is CS(=O)(=O)c1[nH]ncc1-c1ccc(C(F)(F)F)cc1. The number of halogens is 3. The van der Waals surface area contributed by atoms with Gasteiger partial charge in [0, 0.05) is 11.8 Å². The number of rotatable bonds is 2. The van der Waals surface area contributed by atoms with Crippen molar-refractivity contribution in [3.05, 3.63) is 36.0 Å². The van der Waals surface area contributed by atoms with Crippen molar-refractivity contribution in [2.75, 3.05) is 6.26 Å². The fraction of sp³-hybridized carbons (Fsp3) is 0.182. The van der Waals surface area contributed by atoms with Gasteiger partial charge in [-0.15, -0.1) is 0 Å². The molecule has 0 radical (unpaired) electrons. The number of sulfone groups is 1. The van der Waals surface area contributed by atoms with Gasteiger partial charge in [-0.1, -0.05) is 12.1 Å². The summed E-state index contributed by atoms with van der Waals surface area (Å²) in [5.74, 6) is 0. The molecule has 0 saturated heterocycles. The van der Waals surface area contributed by atoms with Crippen LogP contribution in [-0.2, 0) is 16.0 Å². The smallest absolute Gasteiger partial charge is 0.267 e. The first-order valence-corrected chi connectivity index (χ1v) is 7.00. The topological polar surface area (TPSA) is 62.8 Å². The molecule has 0 amide bonds. The van der Waals surface area contributed by atoms with Crippen LogP contribution < -0.4 is 0 Å². The zero-order valence-corrected chi connectivity index (χ0v) is 10.5. The molecule has 0 saturated carbocycles. The molecule has 0 aliphatic rings. The van der Waals surface area contributed by atoms with E-state index in [0.29, 0.717) is 5.56 Å².